The van der Waals surface area contributed by atoms with Crippen LogP contribution in [0.2, 0.25) is 6.32 Å². The largest absolute Gasteiger partial charge is 0.426 e. The first-order chi connectivity index (χ1) is 7.86. The number of rotatable bonds is 2. The van der Waals surface area contributed by atoms with Crippen molar-refractivity contribution in [3.63, 3.8) is 0 Å². The second-order valence-electron chi connectivity index (χ2n) is 6.08. The van der Waals surface area contributed by atoms with E-state index in [4.69, 9.17) is 4.65 Å². The monoisotopic (exact) mass is 294 g/mol. The van der Waals surface area contributed by atoms with Crippen molar-refractivity contribution in [2.45, 2.75) is 44.9 Å². The molecule has 1 aliphatic heterocycles. The maximum absolute atomic E-state index is 6.21. The van der Waals surface area contributed by atoms with E-state index in [0.29, 0.717) is 0 Å². The van der Waals surface area contributed by atoms with Crippen molar-refractivity contribution in [2.75, 3.05) is 0 Å². The molecule has 0 N–H and O–H groups in total. The van der Waals surface area contributed by atoms with Crippen LogP contribution >= 0.6 is 15.9 Å². The first-order valence-electron chi connectivity index (χ1n) is 6.18. The summed E-state index contributed by atoms with van der Waals surface area (Å²) < 4.78 is 6.21. The van der Waals surface area contributed by atoms with Crippen LogP contribution in [-0.2, 0) is 9.98 Å². The Morgan fingerprint density at radius 1 is 1.18 bits per heavy atom. The minimum Gasteiger partial charge on any atom is -0.426 e. The van der Waals surface area contributed by atoms with Gasteiger partial charge < -0.3 is 4.65 Å². The normalized spacial score (nSPS) is 21.8. The van der Waals surface area contributed by atoms with Crippen LogP contribution in [0.25, 0.3) is 0 Å². The van der Waals surface area contributed by atoms with Crippen molar-refractivity contribution in [1.29, 1.82) is 0 Å². The highest BCUT2D eigenvalue weighted by Crippen LogP contribution is 2.44. The summed E-state index contributed by atoms with van der Waals surface area (Å²) in [6, 6.07) is 8.73. The molecule has 1 aliphatic rings. The molecule has 0 spiro atoms. The Morgan fingerprint density at radius 2 is 1.76 bits per heavy atom. The van der Waals surface area contributed by atoms with E-state index in [9.17, 15) is 0 Å². The zero-order valence-electron chi connectivity index (χ0n) is 11.1. The minimum absolute atomic E-state index is 0.0498. The average Bonchev–Trinajstić information content (AvgIpc) is 2.48. The molecule has 1 fully saturated rings. The molecular weight excluding hydrogens is 275 g/mol. The average molecular weight is 295 g/mol. The molecule has 0 aromatic heterocycles. The molecule has 17 heavy (non-hydrogen) atoms. The number of benzene rings is 1. The topological polar surface area (TPSA) is 9.23 Å². The van der Waals surface area contributed by atoms with Crippen molar-refractivity contribution in [3.8, 4) is 0 Å². The summed E-state index contributed by atoms with van der Waals surface area (Å²) in [4.78, 5) is 0. The van der Waals surface area contributed by atoms with Crippen LogP contribution in [0.5, 0.6) is 0 Å². The zero-order valence-corrected chi connectivity index (χ0v) is 12.7. The number of halogens is 1. The van der Waals surface area contributed by atoms with Gasteiger partial charge in [0.2, 0.25) is 0 Å². The number of hydrogen-bond acceptors (Lipinski definition) is 1. The molecule has 1 heterocycles. The summed E-state index contributed by atoms with van der Waals surface area (Å²) in [7, 11) is 0. The summed E-state index contributed by atoms with van der Waals surface area (Å²) in [6.45, 7) is 9.21. The van der Waals surface area contributed by atoms with Gasteiger partial charge in [-0.05, 0) is 36.6 Å². The van der Waals surface area contributed by atoms with Gasteiger partial charge in [0.15, 0.2) is 0 Å². The van der Waals surface area contributed by atoms with Gasteiger partial charge in [-0.3, -0.25) is 0 Å². The highest BCUT2D eigenvalue weighted by Gasteiger charge is 2.49. The maximum atomic E-state index is 6.21. The van der Waals surface area contributed by atoms with E-state index in [1.807, 2.05) is 0 Å². The maximum Gasteiger partial charge on any atom is 0.327 e. The first-order valence-corrected chi connectivity index (χ1v) is 7.30. The van der Waals surface area contributed by atoms with Crippen LogP contribution in [0.4, 0.5) is 0 Å². The molecule has 0 radical (unpaired) electrons. The lowest BCUT2D eigenvalue weighted by molar-refractivity contribution is 0.0375. The predicted molar refractivity (Wildman–Crippen MR) is 78.2 cm³/mol. The van der Waals surface area contributed by atoms with Crippen molar-refractivity contribution in [2.24, 2.45) is 5.41 Å². The summed E-state index contributed by atoms with van der Waals surface area (Å²) in [5.41, 5.74) is 2.79. The lowest BCUT2D eigenvalue weighted by Gasteiger charge is -2.34. The van der Waals surface area contributed by atoms with Gasteiger partial charge >= 0.3 is 6.92 Å². The van der Waals surface area contributed by atoms with Crippen LogP contribution in [0, 0.1) is 5.41 Å². The fourth-order valence-corrected chi connectivity index (χ4v) is 2.65. The highest BCUT2D eigenvalue weighted by molar-refractivity contribution is 9.08. The van der Waals surface area contributed by atoms with Crippen LogP contribution < -0.4 is 5.46 Å². The lowest BCUT2D eigenvalue weighted by atomic mass is 9.54. The zero-order chi connectivity index (χ0) is 12.7. The molecule has 2 rings (SSSR count). The van der Waals surface area contributed by atoms with Crippen LogP contribution in [0.3, 0.4) is 0 Å². The highest BCUT2D eigenvalue weighted by atomic mass is 79.9. The fourth-order valence-electron chi connectivity index (χ4n) is 2.27. The second-order valence-corrected chi connectivity index (χ2v) is 6.64. The molecule has 0 aliphatic carbocycles. The fraction of sp³-hybridized carbons (Fsp3) is 0.571. The lowest BCUT2D eigenvalue weighted by Crippen LogP contribution is -2.36. The van der Waals surface area contributed by atoms with E-state index >= 15 is 0 Å². The van der Waals surface area contributed by atoms with Gasteiger partial charge in [0.25, 0.3) is 0 Å². The molecule has 0 atom stereocenters. The van der Waals surface area contributed by atoms with E-state index in [-0.39, 0.29) is 17.9 Å². The Kier molecular flexibility index (Phi) is 3.43. The quantitative estimate of drug-likeness (QED) is 0.598. The molecule has 0 unspecified atom stereocenters. The summed E-state index contributed by atoms with van der Waals surface area (Å²) in [5, 5.41) is 0.912. The van der Waals surface area contributed by atoms with Crippen molar-refractivity contribution in [1.82, 2.24) is 0 Å². The van der Waals surface area contributed by atoms with Gasteiger partial charge in [-0.1, -0.05) is 54.0 Å². The van der Waals surface area contributed by atoms with Crippen molar-refractivity contribution < 1.29 is 4.65 Å². The third-order valence-corrected chi connectivity index (χ3v) is 4.92. The molecule has 1 nitrogen and oxygen atoms in total. The van der Waals surface area contributed by atoms with Crippen LogP contribution in [0.1, 0.15) is 33.3 Å². The third kappa shape index (κ3) is 2.46. The Morgan fingerprint density at radius 3 is 2.18 bits per heavy atom. The molecule has 1 aromatic carbocycles. The molecule has 1 aromatic rings. The molecule has 1 saturated heterocycles. The summed E-state index contributed by atoms with van der Waals surface area (Å²) in [5.74, 6) is 0. The van der Waals surface area contributed by atoms with Gasteiger partial charge in [0.05, 0.1) is 5.60 Å². The Bertz CT molecular complexity index is 381. The van der Waals surface area contributed by atoms with Crippen LogP contribution in [-0.4, -0.2) is 12.5 Å². The molecule has 0 bridgehead atoms. The van der Waals surface area contributed by atoms with Gasteiger partial charge in [-0.25, -0.2) is 0 Å². The Balaban J connectivity index is 2.20. The number of hydrogen-bond donors (Lipinski definition) is 0. The molecule has 3 heteroatoms. The Hall–Kier alpha value is -0.275. The minimum atomic E-state index is -0.0498. The SMILES string of the molecule is CC1(C)CB(c2ccc(CBr)cc2)OC1(C)C. The molecule has 0 saturated carbocycles. The first kappa shape index (κ1) is 13.2. The molecule has 0 amide bonds. The van der Waals surface area contributed by atoms with Crippen molar-refractivity contribution >= 4 is 28.3 Å². The standard InChI is InChI=1S/C14H20BBrO/c1-13(2)10-15(17-14(13,3)4)12-7-5-11(9-16)6-8-12/h5-8H,9-10H2,1-4H3. The molecular formula is C14H20BBrO. The van der Waals surface area contributed by atoms with Crippen molar-refractivity contribution in [3.05, 3.63) is 29.8 Å². The second kappa shape index (κ2) is 4.44. The summed E-state index contributed by atoms with van der Waals surface area (Å²) in [6.07, 6.45) is 1.09. The van der Waals surface area contributed by atoms with Gasteiger partial charge in [-0.2, -0.15) is 0 Å². The van der Waals surface area contributed by atoms with E-state index < -0.39 is 0 Å². The number of alkyl halides is 1. The third-order valence-electron chi connectivity index (χ3n) is 4.27. The molecule has 92 valence electrons. The Labute approximate surface area is 113 Å². The van der Waals surface area contributed by atoms with E-state index in [0.717, 1.165) is 11.7 Å². The van der Waals surface area contributed by atoms with Gasteiger partial charge in [0, 0.05) is 5.33 Å². The predicted octanol–water partition coefficient (Wildman–Crippen LogP) is 3.62. The van der Waals surface area contributed by atoms with E-state index in [1.165, 1.54) is 11.0 Å². The smallest absolute Gasteiger partial charge is 0.327 e. The van der Waals surface area contributed by atoms with E-state index in [1.54, 1.807) is 0 Å². The van der Waals surface area contributed by atoms with Gasteiger partial charge in [0.1, 0.15) is 0 Å². The van der Waals surface area contributed by atoms with Crippen LogP contribution in [0.15, 0.2) is 24.3 Å². The van der Waals surface area contributed by atoms with Gasteiger partial charge in [-0.15, -0.1) is 0 Å². The van der Waals surface area contributed by atoms with E-state index in [2.05, 4.69) is 67.9 Å². The summed E-state index contributed by atoms with van der Waals surface area (Å²) >= 11 is 3.47.